The second-order valence-electron chi connectivity index (χ2n) is 3.22. The summed E-state index contributed by atoms with van der Waals surface area (Å²) in [7, 11) is 0. The summed E-state index contributed by atoms with van der Waals surface area (Å²) in [4.78, 5) is 17.4. The number of nitrogens with zero attached hydrogens (tertiary/aromatic N) is 2. The van der Waals surface area contributed by atoms with Gasteiger partial charge in [-0.15, -0.1) is 0 Å². The Morgan fingerprint density at radius 2 is 2.18 bits per heavy atom. The molecule has 2 aromatic rings. The summed E-state index contributed by atoms with van der Waals surface area (Å²) >= 11 is 0. The minimum absolute atomic E-state index is 0.553. The van der Waals surface area contributed by atoms with E-state index in [1.165, 1.54) is 6.21 Å². The molecule has 6 heteroatoms. The van der Waals surface area contributed by atoms with Gasteiger partial charge in [0.2, 0.25) is 0 Å². The predicted molar refractivity (Wildman–Crippen MR) is 62.8 cm³/mol. The van der Waals surface area contributed by atoms with Crippen molar-refractivity contribution in [2.75, 3.05) is 0 Å². The Balaban J connectivity index is 2.11. The molecule has 3 N–H and O–H groups in total. The first-order chi connectivity index (χ1) is 8.25. The largest absolute Gasteiger partial charge is 0.464 e. The molecular weight excluding hydrogens is 220 g/mol. The van der Waals surface area contributed by atoms with Crippen molar-refractivity contribution in [1.82, 2.24) is 15.4 Å². The van der Waals surface area contributed by atoms with Gasteiger partial charge in [0, 0.05) is 11.8 Å². The van der Waals surface area contributed by atoms with Gasteiger partial charge in [-0.3, -0.25) is 0 Å². The van der Waals surface area contributed by atoms with E-state index in [2.05, 4.69) is 15.1 Å². The SMILES string of the molecule is O=C(O)NN=Cc1c[nH]c(-c2ccccc2)n1. The van der Waals surface area contributed by atoms with Crippen LogP contribution in [0.2, 0.25) is 0 Å². The number of carbonyl (C=O) groups is 1. The molecular formula is C11H10N4O2. The van der Waals surface area contributed by atoms with Crippen LogP contribution in [-0.4, -0.2) is 27.4 Å². The van der Waals surface area contributed by atoms with Crippen molar-refractivity contribution in [2.24, 2.45) is 5.10 Å². The summed E-state index contributed by atoms with van der Waals surface area (Å²) in [5.74, 6) is 0.711. The number of amides is 1. The van der Waals surface area contributed by atoms with Crippen LogP contribution in [0.15, 0.2) is 41.6 Å². The smallest absolute Gasteiger partial charge is 0.425 e. The molecule has 0 unspecified atom stereocenters. The summed E-state index contributed by atoms with van der Waals surface area (Å²) < 4.78 is 0. The summed E-state index contributed by atoms with van der Waals surface area (Å²) in [6.45, 7) is 0. The van der Waals surface area contributed by atoms with Crippen LogP contribution in [0.1, 0.15) is 5.69 Å². The van der Waals surface area contributed by atoms with Crippen molar-refractivity contribution in [1.29, 1.82) is 0 Å². The highest BCUT2D eigenvalue weighted by atomic mass is 16.4. The lowest BCUT2D eigenvalue weighted by Gasteiger charge is -1.93. The van der Waals surface area contributed by atoms with Crippen molar-refractivity contribution < 1.29 is 9.90 Å². The summed E-state index contributed by atoms with van der Waals surface area (Å²) in [6, 6.07) is 9.60. The third-order valence-electron chi connectivity index (χ3n) is 2.00. The maximum atomic E-state index is 10.2. The van der Waals surface area contributed by atoms with E-state index in [-0.39, 0.29) is 0 Å². The van der Waals surface area contributed by atoms with Crippen molar-refractivity contribution >= 4 is 12.3 Å². The van der Waals surface area contributed by atoms with Crippen LogP contribution in [0.4, 0.5) is 4.79 Å². The lowest BCUT2D eigenvalue weighted by Crippen LogP contribution is -2.13. The van der Waals surface area contributed by atoms with Crippen molar-refractivity contribution in [2.45, 2.75) is 0 Å². The molecule has 0 saturated carbocycles. The Bertz CT molecular complexity index is 533. The second-order valence-corrected chi connectivity index (χ2v) is 3.22. The number of rotatable bonds is 3. The molecule has 0 spiro atoms. The molecule has 0 saturated heterocycles. The molecule has 86 valence electrons. The molecule has 0 radical (unpaired) electrons. The average molecular weight is 230 g/mol. The first kappa shape index (κ1) is 10.9. The highest BCUT2D eigenvalue weighted by Gasteiger charge is 2.01. The van der Waals surface area contributed by atoms with Gasteiger partial charge in [0.1, 0.15) is 11.5 Å². The van der Waals surface area contributed by atoms with E-state index in [4.69, 9.17) is 5.11 Å². The van der Waals surface area contributed by atoms with Gasteiger partial charge in [0.25, 0.3) is 0 Å². The van der Waals surface area contributed by atoms with Gasteiger partial charge in [-0.2, -0.15) is 5.10 Å². The number of nitrogens with one attached hydrogen (secondary N) is 2. The molecule has 0 bridgehead atoms. The molecule has 6 nitrogen and oxygen atoms in total. The zero-order valence-corrected chi connectivity index (χ0v) is 8.79. The molecule has 0 aliphatic heterocycles. The van der Waals surface area contributed by atoms with E-state index >= 15 is 0 Å². The number of benzene rings is 1. The third-order valence-corrected chi connectivity index (χ3v) is 2.00. The first-order valence-electron chi connectivity index (χ1n) is 4.88. The van der Waals surface area contributed by atoms with E-state index in [9.17, 15) is 4.79 Å². The highest BCUT2D eigenvalue weighted by Crippen LogP contribution is 2.13. The summed E-state index contributed by atoms with van der Waals surface area (Å²) in [5, 5.41) is 11.8. The Kier molecular flexibility index (Phi) is 3.15. The topological polar surface area (TPSA) is 90.4 Å². The lowest BCUT2D eigenvalue weighted by molar-refractivity contribution is 0.195. The number of aromatic nitrogens is 2. The molecule has 17 heavy (non-hydrogen) atoms. The van der Waals surface area contributed by atoms with Crippen molar-refractivity contribution in [3.63, 3.8) is 0 Å². The first-order valence-corrected chi connectivity index (χ1v) is 4.88. The van der Waals surface area contributed by atoms with Crippen LogP contribution in [0.3, 0.4) is 0 Å². The monoisotopic (exact) mass is 230 g/mol. The van der Waals surface area contributed by atoms with Crippen LogP contribution in [0, 0.1) is 0 Å². The number of imidazole rings is 1. The fourth-order valence-corrected chi connectivity index (χ4v) is 1.30. The molecule has 0 atom stereocenters. The average Bonchev–Trinajstić information content (AvgIpc) is 2.78. The maximum absolute atomic E-state index is 10.2. The van der Waals surface area contributed by atoms with E-state index in [1.807, 2.05) is 35.8 Å². The van der Waals surface area contributed by atoms with E-state index < -0.39 is 6.09 Å². The van der Waals surface area contributed by atoms with E-state index in [0.29, 0.717) is 11.5 Å². The molecule has 1 aromatic heterocycles. The Morgan fingerprint density at radius 3 is 2.88 bits per heavy atom. The van der Waals surface area contributed by atoms with Crippen LogP contribution in [-0.2, 0) is 0 Å². The number of hydrazone groups is 1. The quantitative estimate of drug-likeness (QED) is 0.553. The fraction of sp³-hybridized carbons (Fsp3) is 0. The number of carboxylic acid groups (broad SMARTS) is 1. The van der Waals surface area contributed by atoms with Gasteiger partial charge < -0.3 is 10.1 Å². The minimum atomic E-state index is -1.21. The number of H-pyrrole nitrogens is 1. The molecule has 1 heterocycles. The van der Waals surface area contributed by atoms with Gasteiger partial charge in [-0.25, -0.2) is 15.2 Å². The van der Waals surface area contributed by atoms with E-state index in [0.717, 1.165) is 5.56 Å². The van der Waals surface area contributed by atoms with E-state index in [1.54, 1.807) is 6.20 Å². The van der Waals surface area contributed by atoms with Crippen molar-refractivity contribution in [3.05, 3.63) is 42.2 Å². The molecule has 2 rings (SSSR count). The summed E-state index contributed by atoms with van der Waals surface area (Å²) in [6.07, 6.45) is 1.77. The van der Waals surface area contributed by atoms with Crippen molar-refractivity contribution in [3.8, 4) is 11.4 Å². The Morgan fingerprint density at radius 1 is 1.41 bits per heavy atom. The van der Waals surface area contributed by atoms with Crippen LogP contribution < -0.4 is 5.43 Å². The predicted octanol–water partition coefficient (Wildman–Crippen LogP) is 1.68. The van der Waals surface area contributed by atoms with Gasteiger partial charge in [0.05, 0.1) is 6.21 Å². The standard InChI is InChI=1S/C11H10N4O2/c16-11(17)15-13-7-9-6-12-10(14-9)8-4-2-1-3-5-8/h1-7,15H,(H,12,14)(H,16,17). The number of hydrogen-bond acceptors (Lipinski definition) is 3. The Labute approximate surface area is 97.0 Å². The normalized spacial score (nSPS) is 10.6. The molecule has 0 aliphatic carbocycles. The third kappa shape index (κ3) is 2.91. The summed E-state index contributed by atoms with van der Waals surface area (Å²) in [5.41, 5.74) is 3.39. The van der Waals surface area contributed by atoms with Crippen LogP contribution >= 0.6 is 0 Å². The van der Waals surface area contributed by atoms with Gasteiger partial charge in [-0.05, 0) is 0 Å². The maximum Gasteiger partial charge on any atom is 0.425 e. The van der Waals surface area contributed by atoms with Gasteiger partial charge >= 0.3 is 6.09 Å². The van der Waals surface area contributed by atoms with Crippen LogP contribution in [0.25, 0.3) is 11.4 Å². The molecule has 0 aliphatic rings. The van der Waals surface area contributed by atoms with Gasteiger partial charge in [0.15, 0.2) is 0 Å². The van der Waals surface area contributed by atoms with Crippen LogP contribution in [0.5, 0.6) is 0 Å². The zero-order chi connectivity index (χ0) is 12.1. The second kappa shape index (κ2) is 4.93. The molecule has 0 fully saturated rings. The number of hydrogen-bond donors (Lipinski definition) is 3. The Hall–Kier alpha value is -2.63. The zero-order valence-electron chi connectivity index (χ0n) is 8.79. The number of aromatic amines is 1. The fourth-order valence-electron chi connectivity index (χ4n) is 1.30. The van der Waals surface area contributed by atoms with Gasteiger partial charge in [-0.1, -0.05) is 30.3 Å². The minimum Gasteiger partial charge on any atom is -0.464 e. The molecule has 1 aromatic carbocycles. The lowest BCUT2D eigenvalue weighted by atomic mass is 10.2. The highest BCUT2D eigenvalue weighted by molar-refractivity contribution is 5.79. The molecule has 1 amide bonds.